The van der Waals surface area contributed by atoms with E-state index in [0.29, 0.717) is 0 Å². The molecule has 130 valence electrons. The number of benzene rings is 2. The van der Waals surface area contributed by atoms with E-state index in [1.165, 1.54) is 43.3 Å². The summed E-state index contributed by atoms with van der Waals surface area (Å²) in [6.45, 7) is 1.27. The first kappa shape index (κ1) is 19.8. The number of nitrogens with zero attached hydrogens (tertiary/aromatic N) is 1. The smallest absolute Gasteiger partial charge is 0.308 e. The quantitative estimate of drug-likeness (QED) is 0.526. The zero-order chi connectivity index (χ0) is 18.5. The highest BCUT2D eigenvalue weighted by Crippen LogP contribution is 2.11. The maximum Gasteiger partial charge on any atom is 0.308 e. The molecular formula is C19H17F2NO3. The summed E-state index contributed by atoms with van der Waals surface area (Å²) in [5.74, 6) is -1.08. The van der Waals surface area contributed by atoms with Crippen molar-refractivity contribution in [3.63, 3.8) is 0 Å². The lowest BCUT2D eigenvalue weighted by atomic mass is 10.3. The summed E-state index contributed by atoms with van der Waals surface area (Å²) in [5, 5.41) is 8.57. The third-order valence-electron chi connectivity index (χ3n) is 2.43. The highest BCUT2D eigenvalue weighted by atomic mass is 19.1. The van der Waals surface area contributed by atoms with Gasteiger partial charge in [0.25, 0.3) is 0 Å². The van der Waals surface area contributed by atoms with Crippen molar-refractivity contribution in [3.05, 3.63) is 90.8 Å². The third kappa shape index (κ3) is 10.2. The van der Waals surface area contributed by atoms with E-state index in [4.69, 9.17) is 5.11 Å². The molecule has 25 heavy (non-hydrogen) atoms. The molecule has 0 spiro atoms. The molecule has 0 unspecified atom stereocenters. The number of carbonyl (C=O) groups excluding carboxylic acids is 1. The molecule has 0 aliphatic rings. The lowest BCUT2D eigenvalue weighted by Gasteiger charge is -1.98. The predicted octanol–water partition coefficient (Wildman–Crippen LogP) is 4.36. The number of hydrogen-bond acceptors (Lipinski definition) is 4. The van der Waals surface area contributed by atoms with Gasteiger partial charge in [0.2, 0.25) is 0 Å². The second-order valence-corrected chi connectivity index (χ2v) is 4.56. The van der Waals surface area contributed by atoms with Crippen LogP contribution in [0.15, 0.2) is 79.1 Å². The number of phenolic OH excluding ortho intramolecular Hbond substituents is 1. The molecule has 0 fully saturated rings. The van der Waals surface area contributed by atoms with Crippen molar-refractivity contribution in [1.29, 1.82) is 0 Å². The molecule has 3 aromatic rings. The molecule has 0 aliphatic carbocycles. The van der Waals surface area contributed by atoms with Crippen LogP contribution >= 0.6 is 0 Å². The summed E-state index contributed by atoms with van der Waals surface area (Å²) in [6.07, 6.45) is 3.50. The van der Waals surface area contributed by atoms with Gasteiger partial charge in [-0.1, -0.05) is 18.2 Å². The van der Waals surface area contributed by atoms with Crippen molar-refractivity contribution in [2.24, 2.45) is 0 Å². The summed E-state index contributed by atoms with van der Waals surface area (Å²) in [7, 11) is 0. The lowest BCUT2D eigenvalue weighted by molar-refractivity contribution is -0.131. The van der Waals surface area contributed by atoms with E-state index in [-0.39, 0.29) is 11.5 Å². The van der Waals surface area contributed by atoms with Crippen LogP contribution in [0.4, 0.5) is 8.78 Å². The number of hydrogen-bond donors (Lipinski definition) is 1. The Labute approximate surface area is 144 Å². The average Bonchev–Trinajstić information content (AvgIpc) is 2.57. The van der Waals surface area contributed by atoms with Crippen molar-refractivity contribution in [2.45, 2.75) is 6.92 Å². The molecule has 0 radical (unpaired) electrons. The zero-order valence-corrected chi connectivity index (χ0v) is 13.5. The van der Waals surface area contributed by atoms with E-state index in [2.05, 4.69) is 9.72 Å². The van der Waals surface area contributed by atoms with E-state index < -0.39 is 17.6 Å². The minimum atomic E-state index is -0.449. The van der Waals surface area contributed by atoms with Crippen molar-refractivity contribution < 1.29 is 23.4 Å². The fourth-order valence-corrected chi connectivity index (χ4v) is 1.49. The Hall–Kier alpha value is -3.28. The number of rotatable bonds is 1. The fourth-order valence-electron chi connectivity index (χ4n) is 1.49. The minimum Gasteiger partial charge on any atom is -0.508 e. The van der Waals surface area contributed by atoms with Crippen molar-refractivity contribution in [1.82, 2.24) is 4.98 Å². The number of halogens is 2. The minimum absolute atomic E-state index is 0.0370. The Kier molecular flexibility index (Phi) is 8.92. The predicted molar refractivity (Wildman–Crippen MR) is 90.0 cm³/mol. The van der Waals surface area contributed by atoms with E-state index in [1.807, 2.05) is 18.2 Å². The molecule has 6 heteroatoms. The number of phenols is 1. The number of aromatic nitrogens is 1. The van der Waals surface area contributed by atoms with Crippen molar-refractivity contribution >= 4 is 5.97 Å². The molecule has 2 aromatic carbocycles. The van der Waals surface area contributed by atoms with E-state index in [1.54, 1.807) is 12.4 Å². The SMILES string of the molecule is CC(=O)Oc1cccc(F)c1.Oc1cccc(F)c1.c1ccncc1. The Morgan fingerprint density at radius 3 is 1.88 bits per heavy atom. The van der Waals surface area contributed by atoms with Crippen LogP contribution in [-0.4, -0.2) is 16.1 Å². The summed E-state index contributed by atoms with van der Waals surface area (Å²) in [4.78, 5) is 14.2. The molecule has 0 aliphatic heterocycles. The van der Waals surface area contributed by atoms with Gasteiger partial charge in [-0.2, -0.15) is 0 Å². The number of pyridine rings is 1. The van der Waals surface area contributed by atoms with Gasteiger partial charge in [0.1, 0.15) is 23.1 Å². The molecule has 3 rings (SSSR count). The highest BCUT2D eigenvalue weighted by Gasteiger charge is 1.97. The lowest BCUT2D eigenvalue weighted by Crippen LogP contribution is -2.01. The number of aromatic hydroxyl groups is 1. The summed E-state index contributed by atoms with van der Waals surface area (Å²) < 4.78 is 29.0. The van der Waals surface area contributed by atoms with Crippen molar-refractivity contribution in [3.8, 4) is 11.5 Å². The van der Waals surface area contributed by atoms with Crippen LogP contribution in [0, 0.1) is 11.6 Å². The number of ether oxygens (including phenoxy) is 1. The molecule has 0 saturated carbocycles. The van der Waals surface area contributed by atoms with Crippen LogP contribution in [-0.2, 0) is 4.79 Å². The van der Waals surface area contributed by atoms with Gasteiger partial charge in [-0.15, -0.1) is 0 Å². The third-order valence-corrected chi connectivity index (χ3v) is 2.43. The van der Waals surface area contributed by atoms with Gasteiger partial charge in [-0.3, -0.25) is 9.78 Å². The van der Waals surface area contributed by atoms with Crippen LogP contribution in [0.5, 0.6) is 11.5 Å². The van der Waals surface area contributed by atoms with Crippen LogP contribution < -0.4 is 4.74 Å². The molecular weight excluding hydrogens is 328 g/mol. The first-order valence-electron chi connectivity index (χ1n) is 7.21. The van der Waals surface area contributed by atoms with Crippen LogP contribution in [0.25, 0.3) is 0 Å². The van der Waals surface area contributed by atoms with Gasteiger partial charge >= 0.3 is 5.97 Å². The van der Waals surface area contributed by atoms with Gasteiger partial charge in [0, 0.05) is 31.5 Å². The molecule has 0 saturated heterocycles. The van der Waals surface area contributed by atoms with E-state index in [9.17, 15) is 13.6 Å². The molecule has 1 N–H and O–H groups in total. The second-order valence-electron chi connectivity index (χ2n) is 4.56. The Balaban J connectivity index is 0.000000197. The van der Waals surface area contributed by atoms with Gasteiger partial charge < -0.3 is 9.84 Å². The number of carbonyl (C=O) groups is 1. The highest BCUT2D eigenvalue weighted by molar-refractivity contribution is 5.69. The van der Waals surface area contributed by atoms with Gasteiger partial charge in [-0.05, 0) is 36.4 Å². The largest absolute Gasteiger partial charge is 0.508 e. The summed E-state index contributed by atoms with van der Waals surface area (Å²) in [5.41, 5.74) is 0. The molecule has 0 atom stereocenters. The monoisotopic (exact) mass is 345 g/mol. The van der Waals surface area contributed by atoms with Crippen LogP contribution in [0.1, 0.15) is 6.92 Å². The molecule has 0 bridgehead atoms. The Morgan fingerprint density at radius 2 is 1.52 bits per heavy atom. The van der Waals surface area contributed by atoms with Gasteiger partial charge in [-0.25, -0.2) is 8.78 Å². The normalized spacial score (nSPS) is 8.92. The first-order valence-corrected chi connectivity index (χ1v) is 7.21. The Morgan fingerprint density at radius 1 is 0.920 bits per heavy atom. The first-order chi connectivity index (χ1) is 12.0. The summed E-state index contributed by atoms with van der Waals surface area (Å²) in [6, 6.07) is 16.4. The average molecular weight is 345 g/mol. The fraction of sp³-hybridized carbons (Fsp3) is 0.0526. The topological polar surface area (TPSA) is 59.4 Å². The second kappa shape index (κ2) is 11.3. The summed E-state index contributed by atoms with van der Waals surface area (Å²) >= 11 is 0. The van der Waals surface area contributed by atoms with Gasteiger partial charge in [0.05, 0.1) is 0 Å². The molecule has 1 heterocycles. The molecule has 0 amide bonds. The van der Waals surface area contributed by atoms with Crippen LogP contribution in [0.2, 0.25) is 0 Å². The maximum atomic E-state index is 12.4. The zero-order valence-electron chi connectivity index (χ0n) is 13.5. The van der Waals surface area contributed by atoms with Crippen LogP contribution in [0.3, 0.4) is 0 Å². The standard InChI is InChI=1S/C8H7FO2.C6H5FO.C5H5N/c1-6(10)11-8-4-2-3-7(9)5-8;7-5-2-1-3-6(8)4-5;1-2-4-6-5-3-1/h2-5H,1H3;1-4,8H;1-5H. The Bertz CT molecular complexity index is 723. The maximum absolute atomic E-state index is 12.4. The van der Waals surface area contributed by atoms with Crippen molar-refractivity contribution in [2.75, 3.05) is 0 Å². The van der Waals surface area contributed by atoms with E-state index in [0.717, 1.165) is 12.1 Å². The van der Waals surface area contributed by atoms with Gasteiger partial charge in [0.15, 0.2) is 0 Å². The van der Waals surface area contributed by atoms with E-state index >= 15 is 0 Å². The number of esters is 1. The molecule has 4 nitrogen and oxygen atoms in total. The molecule has 1 aromatic heterocycles.